The zero-order valence-electron chi connectivity index (χ0n) is 15.6. The normalized spacial score (nSPS) is 10.6. The number of benzene rings is 3. The number of anilines is 1. The molecule has 6 heteroatoms. The van der Waals surface area contributed by atoms with Crippen LogP contribution in [0.2, 0.25) is 0 Å². The third kappa shape index (κ3) is 4.66. The van der Waals surface area contributed by atoms with Crippen molar-refractivity contribution in [2.45, 2.75) is 0 Å². The van der Waals surface area contributed by atoms with Gasteiger partial charge in [-0.2, -0.15) is 0 Å². The van der Waals surface area contributed by atoms with Gasteiger partial charge in [-0.15, -0.1) is 0 Å². The highest BCUT2D eigenvalue weighted by Gasteiger charge is 2.06. The van der Waals surface area contributed by atoms with Crippen LogP contribution in [-0.4, -0.2) is 25.2 Å². The number of fused-ring (bicyclic) bond motifs is 1. The Morgan fingerprint density at radius 2 is 1.71 bits per heavy atom. The van der Waals surface area contributed by atoms with Crippen molar-refractivity contribution in [3.05, 3.63) is 72.3 Å². The van der Waals surface area contributed by atoms with Gasteiger partial charge in [0.1, 0.15) is 0 Å². The molecule has 3 aromatic rings. The summed E-state index contributed by atoms with van der Waals surface area (Å²) in [5.41, 5.74) is 1.65. The van der Waals surface area contributed by atoms with Crippen molar-refractivity contribution in [3.63, 3.8) is 0 Å². The summed E-state index contributed by atoms with van der Waals surface area (Å²) in [4.78, 5) is 12.2. The molecule has 0 atom stereocenters. The van der Waals surface area contributed by atoms with E-state index in [4.69, 9.17) is 21.7 Å². The van der Waals surface area contributed by atoms with Gasteiger partial charge in [0.25, 0.3) is 0 Å². The van der Waals surface area contributed by atoms with E-state index in [-0.39, 0.29) is 11.0 Å². The molecule has 0 fully saturated rings. The van der Waals surface area contributed by atoms with Crippen LogP contribution in [0.5, 0.6) is 11.5 Å². The van der Waals surface area contributed by atoms with E-state index in [1.807, 2.05) is 48.5 Å². The molecule has 3 rings (SSSR count). The molecule has 0 saturated carbocycles. The molecule has 2 N–H and O–H groups in total. The Hall–Kier alpha value is -3.38. The molecule has 0 aliphatic heterocycles. The Labute approximate surface area is 169 Å². The maximum absolute atomic E-state index is 12.2. The van der Waals surface area contributed by atoms with Crippen LogP contribution in [-0.2, 0) is 4.79 Å². The average molecular weight is 392 g/mol. The Bertz CT molecular complexity index is 1040. The third-order valence-electron chi connectivity index (χ3n) is 4.11. The molecule has 3 aromatic carbocycles. The highest BCUT2D eigenvalue weighted by molar-refractivity contribution is 7.80. The van der Waals surface area contributed by atoms with Gasteiger partial charge in [-0.05, 0) is 47.4 Å². The second kappa shape index (κ2) is 9.01. The van der Waals surface area contributed by atoms with Gasteiger partial charge in [0.15, 0.2) is 16.6 Å². The van der Waals surface area contributed by atoms with Gasteiger partial charge >= 0.3 is 0 Å². The van der Waals surface area contributed by atoms with Crippen molar-refractivity contribution in [1.29, 1.82) is 0 Å². The first kappa shape index (κ1) is 19.4. The molecule has 0 spiro atoms. The lowest BCUT2D eigenvalue weighted by molar-refractivity contribution is -0.115. The van der Waals surface area contributed by atoms with Crippen molar-refractivity contribution < 1.29 is 14.3 Å². The lowest BCUT2D eigenvalue weighted by Crippen LogP contribution is -2.32. The summed E-state index contributed by atoms with van der Waals surface area (Å²) in [5.74, 6) is 0.898. The standard InChI is InChI=1S/C22H20N2O3S/c1-26-19-12-10-15(14-20(19)27-2)11-13-21(25)24-22(28)23-18-9-5-7-16-6-3-4-8-17(16)18/h3-14H,1-2H3,(H2,23,24,25,28). The molecule has 0 aliphatic carbocycles. The summed E-state index contributed by atoms with van der Waals surface area (Å²) in [5, 5.41) is 8.09. The van der Waals surface area contributed by atoms with Gasteiger partial charge in [-0.3, -0.25) is 10.1 Å². The van der Waals surface area contributed by atoms with Crippen LogP contribution in [0.1, 0.15) is 5.56 Å². The fourth-order valence-electron chi connectivity index (χ4n) is 2.77. The summed E-state index contributed by atoms with van der Waals surface area (Å²) in [7, 11) is 3.14. The summed E-state index contributed by atoms with van der Waals surface area (Å²) < 4.78 is 10.5. The van der Waals surface area contributed by atoms with Crippen LogP contribution in [0.4, 0.5) is 5.69 Å². The van der Waals surface area contributed by atoms with Crippen LogP contribution in [0.3, 0.4) is 0 Å². The van der Waals surface area contributed by atoms with Crippen molar-refractivity contribution in [2.24, 2.45) is 0 Å². The minimum absolute atomic E-state index is 0.235. The first-order valence-electron chi connectivity index (χ1n) is 8.60. The van der Waals surface area contributed by atoms with Crippen molar-refractivity contribution in [1.82, 2.24) is 5.32 Å². The van der Waals surface area contributed by atoms with E-state index in [1.54, 1.807) is 32.4 Å². The Kier molecular flexibility index (Phi) is 6.24. The number of carbonyl (C=O) groups is 1. The fraction of sp³-hybridized carbons (Fsp3) is 0.0909. The number of methoxy groups -OCH3 is 2. The highest BCUT2D eigenvalue weighted by Crippen LogP contribution is 2.28. The Morgan fingerprint density at radius 1 is 0.964 bits per heavy atom. The highest BCUT2D eigenvalue weighted by atomic mass is 32.1. The fourth-order valence-corrected chi connectivity index (χ4v) is 2.98. The maximum Gasteiger partial charge on any atom is 0.250 e. The first-order chi connectivity index (χ1) is 13.6. The maximum atomic E-state index is 12.2. The second-order valence-electron chi connectivity index (χ2n) is 5.92. The minimum Gasteiger partial charge on any atom is -0.493 e. The molecule has 0 aliphatic rings. The van der Waals surface area contributed by atoms with Gasteiger partial charge in [0.05, 0.1) is 14.2 Å². The smallest absolute Gasteiger partial charge is 0.250 e. The largest absolute Gasteiger partial charge is 0.493 e. The van der Waals surface area contributed by atoms with Gasteiger partial charge in [-0.1, -0.05) is 42.5 Å². The van der Waals surface area contributed by atoms with Crippen LogP contribution in [0.25, 0.3) is 16.8 Å². The van der Waals surface area contributed by atoms with Crippen LogP contribution in [0, 0.1) is 0 Å². The minimum atomic E-state index is -0.326. The molecule has 0 aromatic heterocycles. The molecular weight excluding hydrogens is 372 g/mol. The lowest BCUT2D eigenvalue weighted by Gasteiger charge is -2.11. The van der Waals surface area contributed by atoms with Crippen molar-refractivity contribution in [2.75, 3.05) is 19.5 Å². The monoisotopic (exact) mass is 392 g/mol. The number of ether oxygens (including phenoxy) is 2. The molecule has 0 radical (unpaired) electrons. The number of amides is 1. The summed E-state index contributed by atoms with van der Waals surface area (Å²) >= 11 is 5.27. The van der Waals surface area contributed by atoms with E-state index in [2.05, 4.69) is 10.6 Å². The van der Waals surface area contributed by atoms with Crippen LogP contribution < -0.4 is 20.1 Å². The van der Waals surface area contributed by atoms with Crippen molar-refractivity contribution in [3.8, 4) is 11.5 Å². The van der Waals surface area contributed by atoms with Gasteiger partial charge in [-0.25, -0.2) is 0 Å². The molecule has 142 valence electrons. The van der Waals surface area contributed by atoms with E-state index >= 15 is 0 Å². The third-order valence-corrected chi connectivity index (χ3v) is 4.31. The summed E-state index contributed by atoms with van der Waals surface area (Å²) in [6, 6.07) is 19.2. The summed E-state index contributed by atoms with van der Waals surface area (Å²) in [6.07, 6.45) is 3.09. The van der Waals surface area contributed by atoms with E-state index in [0.717, 1.165) is 22.0 Å². The molecule has 0 unspecified atom stereocenters. The number of carbonyl (C=O) groups excluding carboxylic acids is 1. The van der Waals surface area contributed by atoms with E-state index in [9.17, 15) is 4.79 Å². The molecule has 0 heterocycles. The lowest BCUT2D eigenvalue weighted by atomic mass is 10.1. The second-order valence-corrected chi connectivity index (χ2v) is 6.33. The van der Waals surface area contributed by atoms with E-state index < -0.39 is 0 Å². The van der Waals surface area contributed by atoms with Gasteiger partial charge in [0, 0.05) is 17.1 Å². The Balaban J connectivity index is 1.64. The van der Waals surface area contributed by atoms with Crippen molar-refractivity contribution >= 4 is 45.8 Å². The first-order valence-corrected chi connectivity index (χ1v) is 9.01. The quantitative estimate of drug-likeness (QED) is 0.498. The van der Waals surface area contributed by atoms with E-state index in [1.165, 1.54) is 6.08 Å². The molecule has 5 nitrogen and oxygen atoms in total. The topological polar surface area (TPSA) is 59.6 Å². The summed E-state index contributed by atoms with van der Waals surface area (Å²) in [6.45, 7) is 0. The molecule has 1 amide bonds. The number of hydrogen-bond donors (Lipinski definition) is 2. The molecule has 0 bridgehead atoms. The molecule has 0 saturated heterocycles. The Morgan fingerprint density at radius 3 is 2.50 bits per heavy atom. The zero-order valence-corrected chi connectivity index (χ0v) is 16.4. The zero-order chi connectivity index (χ0) is 19.9. The predicted octanol–water partition coefficient (Wildman–Crippen LogP) is 4.38. The van der Waals surface area contributed by atoms with Gasteiger partial charge < -0.3 is 14.8 Å². The average Bonchev–Trinajstić information content (AvgIpc) is 2.72. The van der Waals surface area contributed by atoms with Crippen LogP contribution >= 0.6 is 12.2 Å². The number of rotatable bonds is 5. The van der Waals surface area contributed by atoms with Gasteiger partial charge in [0.2, 0.25) is 5.91 Å². The number of thiocarbonyl (C=S) groups is 1. The van der Waals surface area contributed by atoms with E-state index in [0.29, 0.717) is 11.5 Å². The molecule has 28 heavy (non-hydrogen) atoms. The SMILES string of the molecule is COc1ccc(C=CC(=O)NC(=S)Nc2cccc3ccccc23)cc1OC. The number of hydrogen-bond acceptors (Lipinski definition) is 4. The van der Waals surface area contributed by atoms with Crippen LogP contribution in [0.15, 0.2) is 66.7 Å². The predicted molar refractivity (Wildman–Crippen MR) is 117 cm³/mol. The number of nitrogens with one attached hydrogen (secondary N) is 2. The molecular formula is C22H20N2O3S.